The van der Waals surface area contributed by atoms with Crippen molar-refractivity contribution in [2.75, 3.05) is 6.61 Å². The lowest BCUT2D eigenvalue weighted by atomic mass is 10.0. The molecule has 1 heterocycles. The molecule has 1 aromatic heterocycles. The van der Waals surface area contributed by atoms with Gasteiger partial charge in [0.2, 0.25) is 0 Å². The standard InChI is InChI=1S/C9H12N2O/c1-9(4-7(9)5-12)8-2-3-10-6-11-8/h2-3,6-7,12H,4-5H2,1H3. The molecule has 3 heteroatoms. The lowest BCUT2D eigenvalue weighted by Crippen LogP contribution is -2.08. The first-order valence-electron chi connectivity index (χ1n) is 4.15. The smallest absolute Gasteiger partial charge is 0.115 e. The maximum absolute atomic E-state index is 8.96. The van der Waals surface area contributed by atoms with Crippen LogP contribution in [0.4, 0.5) is 0 Å². The summed E-state index contributed by atoms with van der Waals surface area (Å²) in [4.78, 5) is 8.05. The zero-order valence-electron chi connectivity index (χ0n) is 7.07. The first-order chi connectivity index (χ1) is 5.77. The summed E-state index contributed by atoms with van der Waals surface area (Å²) in [5.74, 6) is 0.396. The summed E-state index contributed by atoms with van der Waals surface area (Å²) in [5.41, 5.74) is 1.16. The van der Waals surface area contributed by atoms with E-state index in [1.54, 1.807) is 12.5 Å². The number of hydrogen-bond donors (Lipinski definition) is 1. The van der Waals surface area contributed by atoms with Crippen LogP contribution < -0.4 is 0 Å². The Morgan fingerprint density at radius 3 is 3.08 bits per heavy atom. The minimum Gasteiger partial charge on any atom is -0.396 e. The van der Waals surface area contributed by atoms with Crippen molar-refractivity contribution in [3.8, 4) is 0 Å². The Labute approximate surface area is 71.5 Å². The molecule has 2 unspecified atom stereocenters. The highest BCUT2D eigenvalue weighted by molar-refractivity contribution is 5.24. The molecule has 0 spiro atoms. The van der Waals surface area contributed by atoms with Crippen molar-refractivity contribution in [1.29, 1.82) is 0 Å². The van der Waals surface area contributed by atoms with Gasteiger partial charge in [-0.1, -0.05) is 6.92 Å². The van der Waals surface area contributed by atoms with E-state index in [2.05, 4.69) is 16.9 Å². The lowest BCUT2D eigenvalue weighted by Gasteiger charge is -2.07. The number of aliphatic hydroxyl groups excluding tert-OH is 1. The van der Waals surface area contributed by atoms with Gasteiger partial charge in [0.1, 0.15) is 6.33 Å². The van der Waals surface area contributed by atoms with Crippen molar-refractivity contribution >= 4 is 0 Å². The number of rotatable bonds is 2. The van der Waals surface area contributed by atoms with Crippen LogP contribution in [0.2, 0.25) is 0 Å². The van der Waals surface area contributed by atoms with Crippen molar-refractivity contribution < 1.29 is 5.11 Å². The molecule has 2 rings (SSSR count). The molecule has 12 heavy (non-hydrogen) atoms. The second-order valence-corrected chi connectivity index (χ2v) is 3.60. The molecule has 0 bridgehead atoms. The van der Waals surface area contributed by atoms with E-state index in [1.807, 2.05) is 6.07 Å². The first-order valence-corrected chi connectivity index (χ1v) is 4.15. The largest absolute Gasteiger partial charge is 0.396 e. The van der Waals surface area contributed by atoms with E-state index in [0.717, 1.165) is 12.1 Å². The van der Waals surface area contributed by atoms with Crippen molar-refractivity contribution in [3.63, 3.8) is 0 Å². The number of aliphatic hydroxyl groups is 1. The Kier molecular flexibility index (Phi) is 1.61. The molecule has 0 aromatic carbocycles. The molecule has 64 valence electrons. The third kappa shape index (κ3) is 1.01. The Hall–Kier alpha value is -0.960. The quantitative estimate of drug-likeness (QED) is 0.701. The number of nitrogens with zero attached hydrogens (tertiary/aromatic N) is 2. The van der Waals surface area contributed by atoms with Gasteiger partial charge in [0.05, 0.1) is 0 Å². The summed E-state index contributed by atoms with van der Waals surface area (Å²) in [7, 11) is 0. The van der Waals surface area contributed by atoms with Crippen LogP contribution in [0.15, 0.2) is 18.6 Å². The monoisotopic (exact) mass is 164 g/mol. The van der Waals surface area contributed by atoms with E-state index >= 15 is 0 Å². The van der Waals surface area contributed by atoms with E-state index in [4.69, 9.17) is 5.11 Å². The van der Waals surface area contributed by atoms with Gasteiger partial charge < -0.3 is 5.11 Å². The van der Waals surface area contributed by atoms with Gasteiger partial charge in [-0.05, 0) is 18.4 Å². The highest BCUT2D eigenvalue weighted by Crippen LogP contribution is 2.52. The van der Waals surface area contributed by atoms with Crippen LogP contribution in [-0.2, 0) is 5.41 Å². The molecule has 1 N–H and O–H groups in total. The summed E-state index contributed by atoms with van der Waals surface area (Å²) in [6.45, 7) is 2.40. The van der Waals surface area contributed by atoms with Crippen molar-refractivity contribution in [1.82, 2.24) is 9.97 Å². The third-order valence-corrected chi connectivity index (χ3v) is 2.80. The minimum absolute atomic E-state index is 0.109. The van der Waals surface area contributed by atoms with Crippen LogP contribution in [0.3, 0.4) is 0 Å². The van der Waals surface area contributed by atoms with E-state index in [9.17, 15) is 0 Å². The van der Waals surface area contributed by atoms with Gasteiger partial charge in [-0.2, -0.15) is 0 Å². The maximum atomic E-state index is 8.96. The van der Waals surface area contributed by atoms with Gasteiger partial charge in [0.15, 0.2) is 0 Å². The molecule has 3 nitrogen and oxygen atoms in total. The van der Waals surface area contributed by atoms with Crippen LogP contribution in [0.5, 0.6) is 0 Å². The zero-order valence-corrected chi connectivity index (χ0v) is 7.07. The van der Waals surface area contributed by atoms with Crippen molar-refractivity contribution in [2.45, 2.75) is 18.8 Å². The molecule has 1 aromatic rings. The van der Waals surface area contributed by atoms with Gasteiger partial charge in [-0.25, -0.2) is 9.97 Å². The van der Waals surface area contributed by atoms with Crippen LogP contribution in [-0.4, -0.2) is 21.7 Å². The van der Waals surface area contributed by atoms with Gasteiger partial charge in [-0.3, -0.25) is 0 Å². The van der Waals surface area contributed by atoms with E-state index in [1.165, 1.54) is 0 Å². The third-order valence-electron chi connectivity index (χ3n) is 2.80. The number of hydrogen-bond acceptors (Lipinski definition) is 3. The van der Waals surface area contributed by atoms with Gasteiger partial charge >= 0.3 is 0 Å². The van der Waals surface area contributed by atoms with Crippen LogP contribution >= 0.6 is 0 Å². The Morgan fingerprint density at radius 2 is 2.58 bits per heavy atom. The Balaban J connectivity index is 2.23. The number of aromatic nitrogens is 2. The molecule has 1 aliphatic carbocycles. The average Bonchev–Trinajstić information content (AvgIpc) is 2.81. The van der Waals surface area contributed by atoms with Gasteiger partial charge in [0.25, 0.3) is 0 Å². The lowest BCUT2D eigenvalue weighted by molar-refractivity contribution is 0.265. The highest BCUT2D eigenvalue weighted by atomic mass is 16.3. The molecule has 0 saturated heterocycles. The van der Waals surface area contributed by atoms with Crippen LogP contribution in [0, 0.1) is 5.92 Å². The summed E-state index contributed by atoms with van der Waals surface area (Å²) >= 11 is 0. The fourth-order valence-electron chi connectivity index (χ4n) is 1.66. The SMILES string of the molecule is CC1(c2ccncn2)CC1CO. The summed E-state index contributed by atoms with van der Waals surface area (Å²) in [5, 5.41) is 8.96. The minimum atomic E-state index is 0.109. The molecule has 1 saturated carbocycles. The van der Waals surface area contributed by atoms with E-state index in [0.29, 0.717) is 5.92 Å². The molecule has 1 fully saturated rings. The Morgan fingerprint density at radius 1 is 1.75 bits per heavy atom. The molecule has 0 aliphatic heterocycles. The Bertz CT molecular complexity index is 275. The molecular weight excluding hydrogens is 152 g/mol. The summed E-state index contributed by atoms with van der Waals surface area (Å²) < 4.78 is 0. The second-order valence-electron chi connectivity index (χ2n) is 3.60. The highest BCUT2D eigenvalue weighted by Gasteiger charge is 2.51. The van der Waals surface area contributed by atoms with E-state index in [-0.39, 0.29) is 12.0 Å². The maximum Gasteiger partial charge on any atom is 0.115 e. The summed E-state index contributed by atoms with van der Waals surface area (Å²) in [6, 6.07) is 1.93. The van der Waals surface area contributed by atoms with Crippen molar-refractivity contribution in [3.05, 3.63) is 24.3 Å². The normalized spacial score (nSPS) is 33.3. The fraction of sp³-hybridized carbons (Fsp3) is 0.556. The topological polar surface area (TPSA) is 46.0 Å². The van der Waals surface area contributed by atoms with E-state index < -0.39 is 0 Å². The summed E-state index contributed by atoms with van der Waals surface area (Å²) in [6.07, 6.45) is 4.36. The van der Waals surface area contributed by atoms with Crippen molar-refractivity contribution in [2.24, 2.45) is 5.92 Å². The average molecular weight is 164 g/mol. The molecular formula is C9H12N2O. The molecule has 2 atom stereocenters. The van der Waals surface area contributed by atoms with Gasteiger partial charge in [0, 0.05) is 23.9 Å². The molecule has 0 amide bonds. The first kappa shape index (κ1) is 7.68. The predicted molar refractivity (Wildman–Crippen MR) is 44.6 cm³/mol. The molecule has 0 radical (unpaired) electrons. The predicted octanol–water partition coefficient (Wildman–Crippen LogP) is 0.746. The van der Waals surface area contributed by atoms with Crippen LogP contribution in [0.1, 0.15) is 19.0 Å². The van der Waals surface area contributed by atoms with Crippen LogP contribution in [0.25, 0.3) is 0 Å². The fourth-order valence-corrected chi connectivity index (χ4v) is 1.66. The van der Waals surface area contributed by atoms with Gasteiger partial charge in [-0.15, -0.1) is 0 Å². The zero-order chi connectivity index (χ0) is 8.60. The second kappa shape index (κ2) is 2.52. The molecule has 1 aliphatic rings.